The fourth-order valence-corrected chi connectivity index (χ4v) is 13.0. The summed E-state index contributed by atoms with van der Waals surface area (Å²) in [5.74, 6) is 6.34. The number of hydrogen-bond acceptors (Lipinski definition) is 2. The number of hydrogen-bond donors (Lipinski definition) is 0. The van der Waals surface area contributed by atoms with Gasteiger partial charge in [0.1, 0.15) is 0 Å². The summed E-state index contributed by atoms with van der Waals surface area (Å²) in [5, 5.41) is 0. The molecule has 4 aliphatic carbocycles. The Morgan fingerprint density at radius 2 is 1.39 bits per heavy atom. The SMILES string of the molecule is CCCCC/C=C\C/C=C\CCCCCCCCCCC(CCCO[C@H]1CC[C@@]2(C)C(=CCC3C4CCC(C(C)CCCC(C)C)[C@@]4(C)CCC32)C1)CN(C)C. The van der Waals surface area contributed by atoms with Crippen LogP contribution < -0.4 is 0 Å². The second-order valence-electron chi connectivity index (χ2n) is 21.4. The van der Waals surface area contributed by atoms with E-state index in [-0.39, 0.29) is 0 Å². The van der Waals surface area contributed by atoms with E-state index in [0.29, 0.717) is 16.9 Å². The van der Waals surface area contributed by atoms with E-state index in [9.17, 15) is 0 Å². The lowest BCUT2D eigenvalue weighted by molar-refractivity contribution is -0.0642. The van der Waals surface area contributed by atoms with Gasteiger partial charge in [-0.05, 0) is 169 Å². The van der Waals surface area contributed by atoms with Crippen LogP contribution in [-0.4, -0.2) is 38.3 Å². The van der Waals surface area contributed by atoms with E-state index in [4.69, 9.17) is 4.74 Å². The van der Waals surface area contributed by atoms with Gasteiger partial charge in [0, 0.05) is 13.2 Å². The summed E-state index contributed by atoms with van der Waals surface area (Å²) in [4.78, 5) is 2.42. The molecule has 0 heterocycles. The highest BCUT2D eigenvalue weighted by molar-refractivity contribution is 5.25. The number of rotatable bonds is 29. The molecule has 6 unspecified atom stereocenters. The van der Waals surface area contributed by atoms with Crippen LogP contribution in [0.25, 0.3) is 0 Å². The number of unbranched alkanes of at least 4 members (excludes halogenated alkanes) is 11. The van der Waals surface area contributed by atoms with Crippen LogP contribution in [0.15, 0.2) is 36.0 Å². The van der Waals surface area contributed by atoms with Crippen LogP contribution in [0.1, 0.15) is 221 Å². The van der Waals surface area contributed by atoms with Gasteiger partial charge in [-0.3, -0.25) is 0 Å². The van der Waals surface area contributed by atoms with E-state index in [1.54, 1.807) is 5.57 Å². The molecule has 0 bridgehead atoms. The van der Waals surface area contributed by atoms with Crippen molar-refractivity contribution in [1.29, 1.82) is 0 Å². The summed E-state index contributed by atoms with van der Waals surface area (Å²) in [5.41, 5.74) is 2.82. The third-order valence-corrected chi connectivity index (χ3v) is 16.3. The lowest BCUT2D eigenvalue weighted by Gasteiger charge is -2.58. The van der Waals surface area contributed by atoms with Crippen molar-refractivity contribution in [2.45, 2.75) is 227 Å². The van der Waals surface area contributed by atoms with Gasteiger partial charge in [0.15, 0.2) is 0 Å². The topological polar surface area (TPSA) is 12.5 Å². The van der Waals surface area contributed by atoms with Gasteiger partial charge in [-0.1, -0.05) is 155 Å². The van der Waals surface area contributed by atoms with Gasteiger partial charge in [0.25, 0.3) is 0 Å². The molecule has 0 amide bonds. The summed E-state index contributed by atoms with van der Waals surface area (Å²) in [6, 6.07) is 0. The molecular formula is C54H97NO. The summed E-state index contributed by atoms with van der Waals surface area (Å²) >= 11 is 0. The Balaban J connectivity index is 1.07. The molecule has 3 saturated carbocycles. The summed E-state index contributed by atoms with van der Waals surface area (Å²) in [7, 11) is 4.53. The first kappa shape index (κ1) is 47.8. The number of allylic oxidation sites excluding steroid dienone is 5. The molecule has 0 spiro atoms. The van der Waals surface area contributed by atoms with E-state index >= 15 is 0 Å². The second kappa shape index (κ2) is 25.7. The Hall–Kier alpha value is -0.860. The molecule has 0 saturated heterocycles. The first-order valence-corrected chi connectivity index (χ1v) is 25.3. The van der Waals surface area contributed by atoms with Crippen LogP contribution in [0.4, 0.5) is 0 Å². The quantitative estimate of drug-likeness (QED) is 0.0554. The summed E-state index contributed by atoms with van der Waals surface area (Å²) in [6.07, 6.45) is 51.2. The minimum Gasteiger partial charge on any atom is -0.378 e. The van der Waals surface area contributed by atoms with Crippen molar-refractivity contribution in [3.05, 3.63) is 36.0 Å². The standard InChI is InChI=1S/C54H97NO/c1-9-10-11-12-13-14-15-16-17-18-19-20-21-22-23-24-25-26-31-46(43-55(7)8)32-28-41-56-48-37-39-53(5)47(42-48)33-34-49-51-36-35-50(45(4)30-27-29-44(2)3)54(51,6)40-38-52(49)53/h13-14,16-17,33,44-46,48-52H,9-12,15,18-32,34-43H2,1-8H3/b14-13-,17-16-/t45?,46?,48-,49?,50?,51?,52?,53-,54+/m0/s1. The van der Waals surface area contributed by atoms with Gasteiger partial charge in [0.05, 0.1) is 6.10 Å². The monoisotopic (exact) mass is 776 g/mol. The lowest BCUT2D eigenvalue weighted by atomic mass is 9.47. The number of nitrogens with zero attached hydrogens (tertiary/aromatic N) is 1. The molecule has 3 fully saturated rings. The number of ether oxygens (including phenoxy) is 1. The van der Waals surface area contributed by atoms with Crippen molar-refractivity contribution < 1.29 is 4.74 Å². The molecule has 4 rings (SSSR count). The van der Waals surface area contributed by atoms with E-state index in [2.05, 4.69) is 90.9 Å². The fourth-order valence-electron chi connectivity index (χ4n) is 13.0. The molecule has 2 nitrogen and oxygen atoms in total. The predicted molar refractivity (Wildman–Crippen MR) is 247 cm³/mol. The molecule has 0 radical (unpaired) electrons. The van der Waals surface area contributed by atoms with Crippen LogP contribution in [-0.2, 0) is 4.74 Å². The first-order chi connectivity index (χ1) is 27.1. The zero-order valence-electron chi connectivity index (χ0n) is 39.1. The van der Waals surface area contributed by atoms with Gasteiger partial charge in [-0.15, -0.1) is 0 Å². The van der Waals surface area contributed by atoms with Crippen molar-refractivity contribution in [2.24, 2.45) is 52.3 Å². The molecular weight excluding hydrogens is 679 g/mol. The molecule has 0 aromatic carbocycles. The Morgan fingerprint density at radius 1 is 0.714 bits per heavy atom. The van der Waals surface area contributed by atoms with Crippen molar-refractivity contribution in [3.63, 3.8) is 0 Å². The largest absolute Gasteiger partial charge is 0.378 e. The Kier molecular flexibility index (Phi) is 21.9. The normalized spacial score (nSPS) is 30.2. The second-order valence-corrected chi connectivity index (χ2v) is 21.4. The van der Waals surface area contributed by atoms with E-state index in [0.717, 1.165) is 54.5 Å². The zero-order valence-corrected chi connectivity index (χ0v) is 39.1. The smallest absolute Gasteiger partial charge is 0.0612 e. The van der Waals surface area contributed by atoms with Crippen LogP contribution in [0, 0.1) is 52.3 Å². The third kappa shape index (κ3) is 15.0. The maximum Gasteiger partial charge on any atom is 0.0612 e. The van der Waals surface area contributed by atoms with E-state index < -0.39 is 0 Å². The van der Waals surface area contributed by atoms with Gasteiger partial charge < -0.3 is 9.64 Å². The average Bonchev–Trinajstić information content (AvgIpc) is 3.53. The molecule has 9 atom stereocenters. The molecule has 0 aromatic rings. The van der Waals surface area contributed by atoms with Crippen LogP contribution in [0.5, 0.6) is 0 Å². The maximum atomic E-state index is 6.72. The highest BCUT2D eigenvalue weighted by atomic mass is 16.5. The lowest BCUT2D eigenvalue weighted by Crippen LogP contribution is -2.51. The Bertz CT molecular complexity index is 1130. The molecule has 4 aliphatic rings. The minimum absolute atomic E-state index is 0.435. The van der Waals surface area contributed by atoms with Crippen LogP contribution >= 0.6 is 0 Å². The van der Waals surface area contributed by atoms with E-state index in [1.807, 2.05) is 0 Å². The van der Waals surface area contributed by atoms with Gasteiger partial charge >= 0.3 is 0 Å². The third-order valence-electron chi connectivity index (χ3n) is 16.3. The van der Waals surface area contributed by atoms with Gasteiger partial charge in [-0.2, -0.15) is 0 Å². The number of fused-ring (bicyclic) bond motifs is 5. The summed E-state index contributed by atoms with van der Waals surface area (Å²) < 4.78 is 6.72. The zero-order chi connectivity index (χ0) is 40.2. The molecule has 56 heavy (non-hydrogen) atoms. The Morgan fingerprint density at radius 3 is 2.09 bits per heavy atom. The van der Waals surface area contributed by atoms with Gasteiger partial charge in [-0.25, -0.2) is 0 Å². The average molecular weight is 776 g/mol. The molecule has 0 N–H and O–H groups in total. The predicted octanol–water partition coefficient (Wildman–Crippen LogP) is 16.4. The highest BCUT2D eigenvalue weighted by Gasteiger charge is 2.59. The summed E-state index contributed by atoms with van der Waals surface area (Å²) in [6.45, 7) is 17.3. The van der Waals surface area contributed by atoms with Crippen molar-refractivity contribution >= 4 is 0 Å². The maximum absolute atomic E-state index is 6.72. The highest BCUT2D eigenvalue weighted by Crippen LogP contribution is 2.67. The molecule has 0 aliphatic heterocycles. The fraction of sp³-hybridized carbons (Fsp3) is 0.889. The molecule has 2 heteroatoms. The van der Waals surface area contributed by atoms with Crippen molar-refractivity contribution in [2.75, 3.05) is 27.2 Å². The van der Waals surface area contributed by atoms with Crippen LogP contribution in [0.3, 0.4) is 0 Å². The Labute approximate surface area is 351 Å². The molecule has 324 valence electrons. The van der Waals surface area contributed by atoms with Crippen LogP contribution in [0.2, 0.25) is 0 Å². The minimum atomic E-state index is 0.435. The molecule has 0 aromatic heterocycles. The van der Waals surface area contributed by atoms with E-state index in [1.165, 1.54) is 180 Å². The van der Waals surface area contributed by atoms with Gasteiger partial charge in [0.2, 0.25) is 0 Å². The first-order valence-electron chi connectivity index (χ1n) is 25.3. The van der Waals surface area contributed by atoms with Crippen molar-refractivity contribution in [1.82, 2.24) is 4.90 Å². The van der Waals surface area contributed by atoms with Crippen molar-refractivity contribution in [3.8, 4) is 0 Å².